The van der Waals surface area contributed by atoms with E-state index in [0.717, 1.165) is 36.0 Å². The minimum Gasteiger partial charge on any atom is -0.354 e. The van der Waals surface area contributed by atoms with Crippen LogP contribution >= 0.6 is 11.3 Å². The summed E-state index contributed by atoms with van der Waals surface area (Å²) in [5.74, 6) is 2.61. The summed E-state index contributed by atoms with van der Waals surface area (Å²) in [7, 11) is 0. The van der Waals surface area contributed by atoms with E-state index in [0.29, 0.717) is 12.0 Å². The third kappa shape index (κ3) is 3.27. The quantitative estimate of drug-likeness (QED) is 0.702. The molecular weight excluding hydrogens is 330 g/mol. The van der Waals surface area contributed by atoms with Gasteiger partial charge in [-0.1, -0.05) is 13.8 Å². The Bertz CT molecular complexity index is 852. The molecule has 6 heteroatoms. The number of thiophene rings is 1. The molecule has 1 aliphatic heterocycles. The number of nitrogens with zero attached hydrogens (tertiary/aromatic N) is 5. The molecule has 5 nitrogen and oxygen atoms in total. The number of hydrogen-bond acceptors (Lipinski definition) is 5. The van der Waals surface area contributed by atoms with Gasteiger partial charge in [-0.15, -0.1) is 11.3 Å². The fourth-order valence-corrected chi connectivity index (χ4v) is 4.76. The van der Waals surface area contributed by atoms with Gasteiger partial charge in [-0.05, 0) is 49.1 Å². The number of aromatic nitrogens is 4. The zero-order valence-corrected chi connectivity index (χ0v) is 16.0. The second-order valence-electron chi connectivity index (χ2n) is 7.36. The topological polar surface area (TPSA) is 46.8 Å². The Balaban J connectivity index is 1.73. The lowest BCUT2D eigenvalue weighted by atomic mass is 10.0. The van der Waals surface area contributed by atoms with E-state index in [2.05, 4.69) is 40.1 Å². The van der Waals surface area contributed by atoms with Crippen molar-refractivity contribution in [2.45, 2.75) is 46.1 Å². The maximum atomic E-state index is 4.87. The zero-order chi connectivity index (χ0) is 17.4. The summed E-state index contributed by atoms with van der Waals surface area (Å²) in [5.41, 5.74) is 1.39. The predicted octanol–water partition coefficient (Wildman–Crippen LogP) is 4.24. The standard InChI is InChI=1S/C19H25N5S/c1-13(2)10-15-12-25-19-17(15)18(21-14(3)22-19)23-8-4-6-16(11-23)24-9-5-7-20-24/h5,7,9,12-13,16H,4,6,8,10-11H2,1-3H3. The van der Waals surface area contributed by atoms with Crippen molar-refractivity contribution in [2.24, 2.45) is 5.92 Å². The van der Waals surface area contributed by atoms with Crippen LogP contribution in [0.4, 0.5) is 5.82 Å². The van der Waals surface area contributed by atoms with Crippen LogP contribution in [0.2, 0.25) is 0 Å². The molecule has 1 saturated heterocycles. The van der Waals surface area contributed by atoms with Gasteiger partial charge in [-0.25, -0.2) is 9.97 Å². The van der Waals surface area contributed by atoms with Crippen LogP contribution in [0.15, 0.2) is 23.8 Å². The molecule has 0 saturated carbocycles. The number of aryl methyl sites for hydroxylation is 1. The van der Waals surface area contributed by atoms with Gasteiger partial charge in [0.15, 0.2) is 0 Å². The van der Waals surface area contributed by atoms with Crippen LogP contribution in [0, 0.1) is 12.8 Å². The van der Waals surface area contributed by atoms with E-state index in [-0.39, 0.29) is 0 Å². The van der Waals surface area contributed by atoms with Crippen molar-refractivity contribution in [2.75, 3.05) is 18.0 Å². The van der Waals surface area contributed by atoms with Gasteiger partial charge < -0.3 is 4.90 Å². The van der Waals surface area contributed by atoms with Crippen molar-refractivity contribution in [1.82, 2.24) is 19.7 Å². The minimum absolute atomic E-state index is 0.418. The predicted molar refractivity (Wildman–Crippen MR) is 103 cm³/mol. The van der Waals surface area contributed by atoms with Gasteiger partial charge in [0.2, 0.25) is 0 Å². The summed E-state index contributed by atoms with van der Waals surface area (Å²) in [6, 6.07) is 2.42. The Kier molecular flexibility index (Phi) is 4.46. The normalized spacial score (nSPS) is 18.4. The minimum atomic E-state index is 0.418. The van der Waals surface area contributed by atoms with E-state index in [1.165, 1.54) is 23.8 Å². The molecular formula is C19H25N5S. The molecule has 0 aromatic carbocycles. The van der Waals surface area contributed by atoms with Crippen LogP contribution in [0.3, 0.4) is 0 Å². The maximum absolute atomic E-state index is 4.87. The summed E-state index contributed by atoms with van der Waals surface area (Å²) >= 11 is 1.75. The number of piperidine rings is 1. The molecule has 1 fully saturated rings. The lowest BCUT2D eigenvalue weighted by Gasteiger charge is -2.34. The van der Waals surface area contributed by atoms with Crippen LogP contribution in [-0.4, -0.2) is 32.8 Å². The van der Waals surface area contributed by atoms with E-state index in [4.69, 9.17) is 9.97 Å². The summed E-state index contributed by atoms with van der Waals surface area (Å²) in [4.78, 5) is 13.1. The molecule has 3 aromatic rings. The SMILES string of the molecule is Cc1nc(N2CCCC(n3cccn3)C2)c2c(CC(C)C)csc2n1. The third-order valence-electron chi connectivity index (χ3n) is 4.83. The van der Waals surface area contributed by atoms with Crippen molar-refractivity contribution in [3.05, 3.63) is 35.2 Å². The summed E-state index contributed by atoms with van der Waals surface area (Å²) < 4.78 is 2.10. The summed E-state index contributed by atoms with van der Waals surface area (Å²) in [6.07, 6.45) is 7.36. The Morgan fingerprint density at radius 1 is 1.32 bits per heavy atom. The number of fused-ring (bicyclic) bond motifs is 1. The molecule has 0 bridgehead atoms. The zero-order valence-electron chi connectivity index (χ0n) is 15.1. The van der Waals surface area contributed by atoms with Crippen LogP contribution in [-0.2, 0) is 6.42 Å². The number of hydrogen-bond donors (Lipinski definition) is 0. The van der Waals surface area contributed by atoms with Gasteiger partial charge >= 0.3 is 0 Å². The van der Waals surface area contributed by atoms with E-state index >= 15 is 0 Å². The average Bonchev–Trinajstić information content (AvgIpc) is 3.24. The first-order valence-corrected chi connectivity index (χ1v) is 9.98. The Labute approximate surface area is 152 Å². The van der Waals surface area contributed by atoms with E-state index in [1.54, 1.807) is 11.3 Å². The van der Waals surface area contributed by atoms with Crippen LogP contribution in [0.1, 0.15) is 44.1 Å². The highest BCUT2D eigenvalue weighted by Crippen LogP contribution is 2.35. The maximum Gasteiger partial charge on any atom is 0.141 e. The van der Waals surface area contributed by atoms with E-state index in [1.807, 2.05) is 19.2 Å². The Hall–Kier alpha value is -1.95. The molecule has 0 aliphatic carbocycles. The first kappa shape index (κ1) is 16.5. The fraction of sp³-hybridized carbons (Fsp3) is 0.526. The summed E-state index contributed by atoms with van der Waals surface area (Å²) in [5, 5.41) is 8.00. The van der Waals surface area contributed by atoms with Crippen LogP contribution in [0.5, 0.6) is 0 Å². The van der Waals surface area contributed by atoms with Gasteiger partial charge in [0.25, 0.3) is 0 Å². The van der Waals surface area contributed by atoms with E-state index in [9.17, 15) is 0 Å². The molecule has 4 rings (SSSR count). The van der Waals surface area contributed by atoms with Crippen molar-refractivity contribution >= 4 is 27.4 Å². The molecule has 1 atom stereocenters. The van der Waals surface area contributed by atoms with Crippen molar-refractivity contribution in [1.29, 1.82) is 0 Å². The largest absolute Gasteiger partial charge is 0.354 e. The molecule has 1 unspecified atom stereocenters. The van der Waals surface area contributed by atoms with Crippen LogP contribution in [0.25, 0.3) is 10.2 Å². The first-order chi connectivity index (χ1) is 12.1. The molecule has 0 amide bonds. The van der Waals surface area contributed by atoms with Gasteiger partial charge in [0.1, 0.15) is 16.5 Å². The third-order valence-corrected chi connectivity index (χ3v) is 5.75. The second-order valence-corrected chi connectivity index (χ2v) is 8.22. The van der Waals surface area contributed by atoms with Crippen molar-refractivity contribution in [3.63, 3.8) is 0 Å². The lowest BCUT2D eigenvalue weighted by molar-refractivity contribution is 0.375. The first-order valence-electron chi connectivity index (χ1n) is 9.10. The monoisotopic (exact) mass is 355 g/mol. The molecule has 0 radical (unpaired) electrons. The Morgan fingerprint density at radius 3 is 2.96 bits per heavy atom. The molecule has 25 heavy (non-hydrogen) atoms. The van der Waals surface area contributed by atoms with E-state index < -0.39 is 0 Å². The van der Waals surface area contributed by atoms with Gasteiger partial charge in [0, 0.05) is 25.5 Å². The molecule has 4 heterocycles. The highest BCUT2D eigenvalue weighted by atomic mass is 32.1. The van der Waals surface area contributed by atoms with Crippen LogP contribution < -0.4 is 4.90 Å². The average molecular weight is 356 g/mol. The molecule has 3 aromatic heterocycles. The molecule has 0 spiro atoms. The van der Waals surface area contributed by atoms with Crippen molar-refractivity contribution in [3.8, 4) is 0 Å². The smallest absolute Gasteiger partial charge is 0.141 e. The second kappa shape index (κ2) is 6.75. The highest BCUT2D eigenvalue weighted by Gasteiger charge is 2.25. The fourth-order valence-electron chi connectivity index (χ4n) is 3.76. The molecule has 132 valence electrons. The lowest BCUT2D eigenvalue weighted by Crippen LogP contribution is -2.37. The Morgan fingerprint density at radius 2 is 2.20 bits per heavy atom. The molecule has 0 N–H and O–H groups in total. The molecule has 1 aliphatic rings. The van der Waals surface area contributed by atoms with Gasteiger partial charge in [0.05, 0.1) is 11.4 Å². The number of rotatable bonds is 4. The highest BCUT2D eigenvalue weighted by molar-refractivity contribution is 7.17. The summed E-state index contributed by atoms with van der Waals surface area (Å²) in [6.45, 7) is 8.56. The van der Waals surface area contributed by atoms with Gasteiger partial charge in [-0.3, -0.25) is 4.68 Å². The van der Waals surface area contributed by atoms with Crippen molar-refractivity contribution < 1.29 is 0 Å². The van der Waals surface area contributed by atoms with Gasteiger partial charge in [-0.2, -0.15) is 5.10 Å². The number of anilines is 1.